The van der Waals surface area contributed by atoms with Crippen LogP contribution in [0.15, 0.2) is 59.6 Å². The predicted molar refractivity (Wildman–Crippen MR) is 129 cm³/mol. The second kappa shape index (κ2) is 12.7. The normalized spacial score (nSPS) is 15.2. The predicted octanol–water partition coefficient (Wildman–Crippen LogP) is 2.36. The van der Waals surface area contributed by atoms with E-state index < -0.39 is 0 Å². The van der Waals surface area contributed by atoms with Crippen molar-refractivity contribution in [2.45, 2.75) is 25.3 Å². The molecule has 7 heteroatoms. The highest BCUT2D eigenvalue weighted by Crippen LogP contribution is 2.31. The molecule has 0 radical (unpaired) electrons. The number of guanidine groups is 1. The molecule has 0 aliphatic carbocycles. The molecule has 0 aromatic heterocycles. The molecule has 1 fully saturated rings. The lowest BCUT2D eigenvalue weighted by molar-refractivity contribution is -0.119. The number of para-hydroxylation sites is 1. The number of methoxy groups -OCH3 is 1. The monoisotopic (exact) mass is 437 g/mol. The molecule has 1 atom stereocenters. The molecule has 1 amide bonds. The van der Waals surface area contributed by atoms with Crippen molar-refractivity contribution >= 4 is 11.9 Å². The van der Waals surface area contributed by atoms with Crippen molar-refractivity contribution in [3.8, 4) is 5.75 Å². The summed E-state index contributed by atoms with van der Waals surface area (Å²) in [5.41, 5.74) is 2.38. The second-order valence-electron chi connectivity index (χ2n) is 7.89. The zero-order valence-electron chi connectivity index (χ0n) is 19.1. The Hall–Kier alpha value is -3.06. The van der Waals surface area contributed by atoms with Gasteiger partial charge in [-0.3, -0.25) is 14.7 Å². The van der Waals surface area contributed by atoms with Gasteiger partial charge in [0.05, 0.1) is 19.7 Å². The zero-order chi connectivity index (χ0) is 22.6. The molecule has 1 aliphatic heterocycles. The molecule has 32 heavy (non-hydrogen) atoms. The number of carbonyl (C=O) groups is 1. The SMILES string of the molecule is CN=C(NCC(=O)NCCc1ccccc1)NCC(c1ccccc1OC)N1CCCC1. The van der Waals surface area contributed by atoms with Crippen LogP contribution in [0.1, 0.15) is 30.0 Å². The third-order valence-electron chi connectivity index (χ3n) is 5.76. The zero-order valence-corrected chi connectivity index (χ0v) is 19.1. The molecule has 1 saturated heterocycles. The fourth-order valence-corrected chi connectivity index (χ4v) is 4.06. The number of nitrogens with zero attached hydrogens (tertiary/aromatic N) is 2. The van der Waals surface area contributed by atoms with E-state index in [4.69, 9.17) is 4.74 Å². The number of likely N-dealkylation sites (tertiary alicyclic amines) is 1. The van der Waals surface area contributed by atoms with Gasteiger partial charge in [0.1, 0.15) is 5.75 Å². The minimum absolute atomic E-state index is 0.0512. The van der Waals surface area contributed by atoms with Crippen molar-refractivity contribution in [3.63, 3.8) is 0 Å². The Labute approximate surface area is 191 Å². The first-order valence-electron chi connectivity index (χ1n) is 11.3. The summed E-state index contributed by atoms with van der Waals surface area (Å²) in [6.07, 6.45) is 3.24. The highest BCUT2D eigenvalue weighted by molar-refractivity contribution is 5.86. The van der Waals surface area contributed by atoms with Crippen LogP contribution in [0.3, 0.4) is 0 Å². The molecule has 3 rings (SSSR count). The van der Waals surface area contributed by atoms with Gasteiger partial charge in [0.2, 0.25) is 5.91 Å². The van der Waals surface area contributed by atoms with Crippen LogP contribution in [-0.4, -0.2) is 63.6 Å². The first-order chi connectivity index (χ1) is 15.7. The first kappa shape index (κ1) is 23.6. The summed E-state index contributed by atoms with van der Waals surface area (Å²) >= 11 is 0. The van der Waals surface area contributed by atoms with Gasteiger partial charge in [-0.15, -0.1) is 0 Å². The van der Waals surface area contributed by atoms with E-state index in [0.717, 1.165) is 25.3 Å². The summed E-state index contributed by atoms with van der Waals surface area (Å²) in [4.78, 5) is 19.0. The van der Waals surface area contributed by atoms with Gasteiger partial charge in [-0.25, -0.2) is 0 Å². The Bertz CT molecular complexity index is 866. The summed E-state index contributed by atoms with van der Waals surface area (Å²) in [6, 6.07) is 18.5. The summed E-state index contributed by atoms with van der Waals surface area (Å²) in [7, 11) is 3.43. The van der Waals surface area contributed by atoms with Crippen LogP contribution in [0.2, 0.25) is 0 Å². The van der Waals surface area contributed by atoms with E-state index in [9.17, 15) is 4.79 Å². The van der Waals surface area contributed by atoms with Crippen molar-refractivity contribution in [3.05, 3.63) is 65.7 Å². The smallest absolute Gasteiger partial charge is 0.239 e. The van der Waals surface area contributed by atoms with Gasteiger partial charge in [-0.2, -0.15) is 0 Å². The largest absolute Gasteiger partial charge is 0.496 e. The average Bonchev–Trinajstić information content (AvgIpc) is 3.37. The number of aliphatic imine (C=N–C) groups is 1. The van der Waals surface area contributed by atoms with Crippen molar-refractivity contribution < 1.29 is 9.53 Å². The van der Waals surface area contributed by atoms with E-state index in [1.54, 1.807) is 14.2 Å². The third-order valence-corrected chi connectivity index (χ3v) is 5.76. The van der Waals surface area contributed by atoms with Crippen molar-refractivity contribution in [1.82, 2.24) is 20.9 Å². The molecule has 1 heterocycles. The van der Waals surface area contributed by atoms with Crippen LogP contribution in [0, 0.1) is 0 Å². The number of rotatable bonds is 10. The fraction of sp³-hybridized carbons (Fsp3) is 0.440. The maximum absolute atomic E-state index is 12.2. The average molecular weight is 438 g/mol. The molecule has 2 aromatic rings. The minimum Gasteiger partial charge on any atom is -0.496 e. The summed E-state index contributed by atoms with van der Waals surface area (Å²) in [6.45, 7) is 3.61. The lowest BCUT2D eigenvalue weighted by Crippen LogP contribution is -2.46. The standard InChI is InChI=1S/C25H35N5O2/c1-26-25(29-19-24(31)27-15-14-20-10-4-3-5-11-20)28-18-22(30-16-8-9-17-30)21-12-6-7-13-23(21)32-2/h3-7,10-13,22H,8-9,14-19H2,1-2H3,(H,27,31)(H2,26,28,29). The van der Waals surface area contributed by atoms with E-state index >= 15 is 0 Å². The third kappa shape index (κ3) is 6.99. The molecular formula is C25H35N5O2. The number of hydrogen-bond donors (Lipinski definition) is 3. The molecule has 1 unspecified atom stereocenters. The number of carbonyl (C=O) groups excluding carboxylic acids is 1. The Morgan fingerprint density at radius 3 is 2.47 bits per heavy atom. The molecule has 3 N–H and O–H groups in total. The van der Waals surface area contributed by atoms with E-state index in [1.165, 1.54) is 24.0 Å². The van der Waals surface area contributed by atoms with E-state index in [1.807, 2.05) is 36.4 Å². The van der Waals surface area contributed by atoms with Crippen molar-refractivity contribution in [2.24, 2.45) is 4.99 Å². The maximum Gasteiger partial charge on any atom is 0.239 e. The number of nitrogens with one attached hydrogen (secondary N) is 3. The molecule has 0 spiro atoms. The number of ether oxygens (including phenoxy) is 1. The summed E-state index contributed by atoms with van der Waals surface area (Å²) in [5, 5.41) is 9.47. The highest BCUT2D eigenvalue weighted by atomic mass is 16.5. The summed E-state index contributed by atoms with van der Waals surface area (Å²) in [5.74, 6) is 1.46. The van der Waals surface area contributed by atoms with E-state index in [2.05, 4.69) is 44.0 Å². The Kier molecular flexibility index (Phi) is 9.37. The summed E-state index contributed by atoms with van der Waals surface area (Å²) < 4.78 is 5.61. The minimum atomic E-state index is -0.0512. The van der Waals surface area contributed by atoms with E-state index in [0.29, 0.717) is 19.0 Å². The van der Waals surface area contributed by atoms with Gasteiger partial charge < -0.3 is 20.7 Å². The Balaban J connectivity index is 1.49. The molecule has 1 aliphatic rings. The number of hydrogen-bond acceptors (Lipinski definition) is 4. The van der Waals surface area contributed by atoms with Gasteiger partial charge >= 0.3 is 0 Å². The van der Waals surface area contributed by atoms with Crippen LogP contribution in [0.4, 0.5) is 0 Å². The van der Waals surface area contributed by atoms with Gasteiger partial charge in [-0.05, 0) is 44.0 Å². The van der Waals surface area contributed by atoms with Crippen LogP contribution < -0.4 is 20.7 Å². The second-order valence-corrected chi connectivity index (χ2v) is 7.89. The molecule has 7 nitrogen and oxygen atoms in total. The van der Waals surface area contributed by atoms with Gasteiger partial charge in [0.25, 0.3) is 0 Å². The van der Waals surface area contributed by atoms with Crippen LogP contribution in [-0.2, 0) is 11.2 Å². The number of benzene rings is 2. The van der Waals surface area contributed by atoms with E-state index in [-0.39, 0.29) is 18.5 Å². The molecule has 2 aromatic carbocycles. The Morgan fingerprint density at radius 2 is 1.75 bits per heavy atom. The molecular weight excluding hydrogens is 402 g/mol. The maximum atomic E-state index is 12.2. The first-order valence-corrected chi connectivity index (χ1v) is 11.3. The van der Waals surface area contributed by atoms with Gasteiger partial charge in [0, 0.05) is 25.7 Å². The number of amides is 1. The lowest BCUT2D eigenvalue weighted by Gasteiger charge is -2.30. The van der Waals surface area contributed by atoms with Crippen LogP contribution >= 0.6 is 0 Å². The van der Waals surface area contributed by atoms with Gasteiger partial charge in [0.15, 0.2) is 5.96 Å². The molecule has 0 saturated carbocycles. The van der Waals surface area contributed by atoms with Crippen LogP contribution in [0.5, 0.6) is 5.75 Å². The van der Waals surface area contributed by atoms with Gasteiger partial charge in [-0.1, -0.05) is 48.5 Å². The molecule has 0 bridgehead atoms. The fourth-order valence-electron chi connectivity index (χ4n) is 4.06. The quantitative estimate of drug-likeness (QED) is 0.393. The van der Waals surface area contributed by atoms with Crippen molar-refractivity contribution in [1.29, 1.82) is 0 Å². The van der Waals surface area contributed by atoms with Crippen LogP contribution in [0.25, 0.3) is 0 Å². The molecule has 172 valence electrons. The van der Waals surface area contributed by atoms with Crippen molar-refractivity contribution in [2.75, 3.05) is 46.9 Å². The Morgan fingerprint density at radius 1 is 1.03 bits per heavy atom. The lowest BCUT2D eigenvalue weighted by atomic mass is 10.0. The highest BCUT2D eigenvalue weighted by Gasteiger charge is 2.26. The topological polar surface area (TPSA) is 78.0 Å².